The van der Waals surface area contributed by atoms with Crippen molar-refractivity contribution in [2.24, 2.45) is 0 Å². The predicted octanol–water partition coefficient (Wildman–Crippen LogP) is 7.87. The van der Waals surface area contributed by atoms with Gasteiger partial charge in [-0.15, -0.1) is 0 Å². The lowest BCUT2D eigenvalue weighted by Crippen LogP contribution is -2.20. The Labute approximate surface area is 302 Å². The van der Waals surface area contributed by atoms with Crippen LogP contribution < -0.4 is 10.6 Å². The summed E-state index contributed by atoms with van der Waals surface area (Å²) in [7, 11) is 0. The topological polar surface area (TPSA) is 176 Å². The third-order valence-electron chi connectivity index (χ3n) is 7.39. The van der Waals surface area contributed by atoms with Crippen molar-refractivity contribution in [1.82, 2.24) is 0 Å². The number of halogens is 2. The molecule has 1 aliphatic rings. The molecule has 0 aliphatic carbocycles. The van der Waals surface area contributed by atoms with Gasteiger partial charge in [0.05, 0.1) is 22.5 Å². The number of carbonyl (C=O) groups excluding carboxylic acids is 4. The molecule has 51 heavy (non-hydrogen) atoms. The fourth-order valence-electron chi connectivity index (χ4n) is 4.79. The SMILES string of the molecule is C=C/C=C/C(=O)c1ccc(C(=O)Nc2ccc(Cl)cc2C(=O)O)cc1.O=C(Nc1ccc(Cl)cc1C(=O)O)c1ccc(C(=O)C2CCCO2)cc1. The van der Waals surface area contributed by atoms with Crippen molar-refractivity contribution in [3.8, 4) is 0 Å². The highest BCUT2D eigenvalue weighted by molar-refractivity contribution is 6.31. The van der Waals surface area contributed by atoms with Crippen LogP contribution in [0.3, 0.4) is 0 Å². The van der Waals surface area contributed by atoms with Crippen LogP contribution >= 0.6 is 23.2 Å². The van der Waals surface area contributed by atoms with Crippen molar-refractivity contribution in [1.29, 1.82) is 0 Å². The van der Waals surface area contributed by atoms with E-state index in [-0.39, 0.29) is 49.7 Å². The van der Waals surface area contributed by atoms with Crippen LogP contribution in [-0.4, -0.2) is 58.2 Å². The van der Waals surface area contributed by atoms with Crippen molar-refractivity contribution < 1.29 is 43.7 Å². The Hall–Kier alpha value is -5.88. The Morgan fingerprint density at radius 2 is 1.14 bits per heavy atom. The number of carboxylic acids is 2. The molecule has 4 aromatic rings. The lowest BCUT2D eigenvalue weighted by molar-refractivity contribution is 0.0641. The number of anilines is 2. The summed E-state index contributed by atoms with van der Waals surface area (Å²) in [4.78, 5) is 71.2. The first-order valence-electron chi connectivity index (χ1n) is 15.3. The zero-order chi connectivity index (χ0) is 37.1. The van der Waals surface area contributed by atoms with Gasteiger partial charge in [0.1, 0.15) is 6.10 Å². The Bertz CT molecular complexity index is 2020. The maximum atomic E-state index is 12.4. The molecule has 1 heterocycles. The molecule has 0 radical (unpaired) electrons. The van der Waals surface area contributed by atoms with Gasteiger partial charge in [0.15, 0.2) is 11.6 Å². The van der Waals surface area contributed by atoms with Gasteiger partial charge >= 0.3 is 11.9 Å². The molecular formula is C38H30Cl2N2O9. The largest absolute Gasteiger partial charge is 0.478 e. The van der Waals surface area contributed by atoms with Crippen LogP contribution in [0.2, 0.25) is 10.0 Å². The minimum absolute atomic E-state index is 0.0969. The highest BCUT2D eigenvalue weighted by atomic mass is 35.5. The molecule has 0 spiro atoms. The first-order chi connectivity index (χ1) is 24.4. The lowest BCUT2D eigenvalue weighted by Gasteiger charge is -2.10. The van der Waals surface area contributed by atoms with Gasteiger partial charge in [-0.2, -0.15) is 0 Å². The summed E-state index contributed by atoms with van der Waals surface area (Å²) in [6.07, 6.45) is 5.54. The number of nitrogens with one attached hydrogen (secondary N) is 2. The first-order valence-corrected chi connectivity index (χ1v) is 16.0. The number of carbonyl (C=O) groups is 6. The van der Waals surface area contributed by atoms with Gasteiger partial charge in [-0.25, -0.2) is 9.59 Å². The van der Waals surface area contributed by atoms with Crippen molar-refractivity contribution >= 4 is 69.9 Å². The zero-order valence-electron chi connectivity index (χ0n) is 26.7. The number of rotatable bonds is 11. The summed E-state index contributed by atoms with van der Waals surface area (Å²) in [5.74, 6) is -3.68. The van der Waals surface area contributed by atoms with Crippen LogP contribution in [0.5, 0.6) is 0 Å². The number of allylic oxidation sites excluding steroid dienone is 3. The number of hydrogen-bond donors (Lipinski definition) is 4. The standard InChI is InChI=1S/C19H16ClNO5.C19H14ClNO4/c20-13-7-8-15(14(10-13)19(24)25)21-18(23)12-5-3-11(4-6-12)17(22)16-2-1-9-26-16;1-2-3-4-17(22)12-5-7-13(8-6-12)18(23)21-16-10-9-14(20)11-15(16)19(24)25/h3-8,10,16H,1-2,9H2,(H,21,23)(H,24,25);2-11H,1H2,(H,21,23)(H,24,25)/b;4-3+. The molecule has 1 unspecified atom stereocenters. The molecular weight excluding hydrogens is 699 g/mol. The van der Waals surface area contributed by atoms with Gasteiger partial charge in [0.2, 0.25) is 0 Å². The average molecular weight is 730 g/mol. The molecule has 1 saturated heterocycles. The van der Waals surface area contributed by atoms with E-state index in [0.29, 0.717) is 29.7 Å². The normalized spacial score (nSPS) is 13.4. The summed E-state index contributed by atoms with van der Waals surface area (Å²) in [6.45, 7) is 4.07. The molecule has 1 fully saturated rings. The molecule has 0 saturated carbocycles. The maximum absolute atomic E-state index is 12.4. The third-order valence-corrected chi connectivity index (χ3v) is 7.86. The van der Waals surface area contributed by atoms with Gasteiger partial charge in [-0.05, 0) is 79.6 Å². The van der Waals surface area contributed by atoms with Gasteiger partial charge in [0.25, 0.3) is 11.8 Å². The Balaban J connectivity index is 0.000000229. The second-order valence-corrected chi connectivity index (χ2v) is 11.8. The molecule has 4 N–H and O–H groups in total. The maximum Gasteiger partial charge on any atom is 0.337 e. The summed E-state index contributed by atoms with van der Waals surface area (Å²) < 4.78 is 5.38. The van der Waals surface area contributed by atoms with Crippen molar-refractivity contribution in [2.45, 2.75) is 18.9 Å². The summed E-state index contributed by atoms with van der Waals surface area (Å²) in [5.41, 5.74) is 1.56. The van der Waals surface area contributed by atoms with Gasteiger partial charge in [-0.3, -0.25) is 19.2 Å². The molecule has 0 aromatic heterocycles. The fourth-order valence-corrected chi connectivity index (χ4v) is 5.13. The molecule has 13 heteroatoms. The van der Waals surface area contributed by atoms with Crippen molar-refractivity contribution in [2.75, 3.05) is 17.2 Å². The summed E-state index contributed by atoms with van der Waals surface area (Å²) >= 11 is 11.6. The Kier molecular flexibility index (Phi) is 13.1. The molecule has 1 atom stereocenters. The minimum Gasteiger partial charge on any atom is -0.478 e. The van der Waals surface area contributed by atoms with E-state index in [1.165, 1.54) is 91.0 Å². The van der Waals surface area contributed by atoms with Crippen LogP contribution in [0.15, 0.2) is 110 Å². The first kappa shape index (κ1) is 37.9. The number of carboxylic acid groups (broad SMARTS) is 2. The number of amides is 2. The number of ketones is 2. The van der Waals surface area contributed by atoms with Gasteiger partial charge in [-0.1, -0.05) is 66.2 Å². The smallest absolute Gasteiger partial charge is 0.337 e. The van der Waals surface area contributed by atoms with Crippen LogP contribution in [0, 0.1) is 0 Å². The summed E-state index contributed by atoms with van der Waals surface area (Å²) in [6, 6.07) is 20.5. The van der Waals surface area contributed by atoms with E-state index >= 15 is 0 Å². The van der Waals surface area contributed by atoms with E-state index in [4.69, 9.17) is 27.9 Å². The van der Waals surface area contributed by atoms with Crippen molar-refractivity contribution in [3.63, 3.8) is 0 Å². The summed E-state index contributed by atoms with van der Waals surface area (Å²) in [5, 5.41) is 24.0. The Morgan fingerprint density at radius 1 is 0.686 bits per heavy atom. The molecule has 11 nitrogen and oxygen atoms in total. The lowest BCUT2D eigenvalue weighted by atomic mass is 10.0. The van der Waals surface area contributed by atoms with Crippen molar-refractivity contribution in [3.05, 3.63) is 153 Å². The fraction of sp³-hybridized carbons (Fsp3) is 0.105. The van der Waals surface area contributed by atoms with E-state index in [0.717, 1.165) is 6.42 Å². The number of aromatic carboxylic acids is 2. The average Bonchev–Trinajstić information content (AvgIpc) is 3.67. The highest BCUT2D eigenvalue weighted by Gasteiger charge is 2.25. The van der Waals surface area contributed by atoms with Gasteiger partial charge in [0, 0.05) is 38.9 Å². The highest BCUT2D eigenvalue weighted by Crippen LogP contribution is 2.23. The number of Topliss-reactive ketones (excluding diaryl/α,β-unsaturated/α-hetero) is 1. The number of ether oxygens (including phenoxy) is 1. The molecule has 0 bridgehead atoms. The molecule has 4 aromatic carbocycles. The van der Waals surface area contributed by atoms with E-state index in [2.05, 4.69) is 17.2 Å². The van der Waals surface area contributed by atoms with Crippen LogP contribution in [0.1, 0.15) is 75.0 Å². The number of benzene rings is 4. The predicted molar refractivity (Wildman–Crippen MR) is 193 cm³/mol. The monoisotopic (exact) mass is 728 g/mol. The zero-order valence-corrected chi connectivity index (χ0v) is 28.2. The van der Waals surface area contributed by atoms with Gasteiger partial charge < -0.3 is 25.6 Å². The van der Waals surface area contributed by atoms with Crippen LogP contribution in [0.4, 0.5) is 11.4 Å². The van der Waals surface area contributed by atoms with E-state index in [9.17, 15) is 39.0 Å². The minimum atomic E-state index is -1.20. The van der Waals surface area contributed by atoms with E-state index < -0.39 is 29.9 Å². The molecule has 260 valence electrons. The second kappa shape index (κ2) is 17.7. The second-order valence-electron chi connectivity index (χ2n) is 10.9. The quantitative estimate of drug-likeness (QED) is 0.0680. The Morgan fingerprint density at radius 3 is 1.55 bits per heavy atom. The van der Waals surface area contributed by atoms with E-state index in [1.54, 1.807) is 12.1 Å². The van der Waals surface area contributed by atoms with Crippen LogP contribution in [-0.2, 0) is 4.74 Å². The van der Waals surface area contributed by atoms with E-state index in [1.807, 2.05) is 0 Å². The molecule has 5 rings (SSSR count). The molecule has 2 amide bonds. The third kappa shape index (κ3) is 10.3. The number of hydrogen-bond acceptors (Lipinski definition) is 7. The van der Waals surface area contributed by atoms with Crippen LogP contribution in [0.25, 0.3) is 0 Å². The molecule has 1 aliphatic heterocycles.